The van der Waals surface area contributed by atoms with Crippen molar-refractivity contribution in [3.63, 3.8) is 0 Å². The molecule has 1 aromatic rings. The summed E-state index contributed by atoms with van der Waals surface area (Å²) in [5.74, 6) is -3.11. The van der Waals surface area contributed by atoms with Crippen LogP contribution in [0.4, 0.5) is 0 Å². The third kappa shape index (κ3) is 3.61. The number of benzene rings is 1. The van der Waals surface area contributed by atoms with Crippen molar-refractivity contribution in [2.24, 2.45) is 5.92 Å². The number of phenolic OH excluding ortho intramolecular Hbond substituents is 1. The van der Waals surface area contributed by atoms with E-state index in [0.29, 0.717) is 5.56 Å². The molecule has 0 aliphatic carbocycles. The van der Waals surface area contributed by atoms with E-state index < -0.39 is 24.3 Å². The Bertz CT molecular complexity index is 382. The maximum Gasteiger partial charge on any atom is 0.307 e. The molecule has 0 aliphatic rings. The molecule has 0 radical (unpaired) electrons. The molecule has 0 fully saturated rings. The van der Waals surface area contributed by atoms with E-state index >= 15 is 0 Å². The van der Waals surface area contributed by atoms with Crippen LogP contribution in [-0.2, 0) is 16.0 Å². The van der Waals surface area contributed by atoms with E-state index in [2.05, 4.69) is 0 Å². The summed E-state index contributed by atoms with van der Waals surface area (Å²) in [5, 5.41) is 26.4. The molecule has 0 spiro atoms. The molecular formula is C11H12O5. The van der Waals surface area contributed by atoms with E-state index in [-0.39, 0.29) is 12.2 Å². The van der Waals surface area contributed by atoms with Crippen molar-refractivity contribution >= 4 is 11.9 Å². The molecule has 0 bridgehead atoms. The summed E-state index contributed by atoms with van der Waals surface area (Å²) in [4.78, 5) is 21.2. The summed E-state index contributed by atoms with van der Waals surface area (Å²) in [6.45, 7) is 0. The van der Waals surface area contributed by atoms with Gasteiger partial charge < -0.3 is 15.3 Å². The highest BCUT2D eigenvalue weighted by Gasteiger charge is 2.21. The van der Waals surface area contributed by atoms with Crippen LogP contribution in [0.25, 0.3) is 0 Å². The molecule has 1 atom stereocenters. The molecule has 3 N–H and O–H groups in total. The molecule has 0 saturated carbocycles. The van der Waals surface area contributed by atoms with Crippen LogP contribution in [0.3, 0.4) is 0 Å². The first kappa shape index (κ1) is 12.0. The number of carboxylic acids is 2. The molecule has 1 rings (SSSR count). The quantitative estimate of drug-likeness (QED) is 0.696. The predicted octanol–water partition coefficient (Wildman–Crippen LogP) is 1.11. The van der Waals surface area contributed by atoms with Gasteiger partial charge >= 0.3 is 11.9 Å². The Morgan fingerprint density at radius 2 is 1.69 bits per heavy atom. The second kappa shape index (κ2) is 5.16. The predicted molar refractivity (Wildman–Crippen MR) is 55.2 cm³/mol. The number of carbonyl (C=O) groups is 2. The van der Waals surface area contributed by atoms with Crippen LogP contribution in [0.1, 0.15) is 12.0 Å². The van der Waals surface area contributed by atoms with Gasteiger partial charge in [-0.3, -0.25) is 9.59 Å². The minimum absolute atomic E-state index is 0.0915. The molecule has 0 saturated heterocycles. The van der Waals surface area contributed by atoms with Gasteiger partial charge in [0.15, 0.2) is 0 Å². The van der Waals surface area contributed by atoms with Crippen molar-refractivity contribution in [2.45, 2.75) is 12.8 Å². The minimum atomic E-state index is -1.13. The van der Waals surface area contributed by atoms with Crippen LogP contribution in [0, 0.1) is 5.92 Å². The van der Waals surface area contributed by atoms with Gasteiger partial charge in [0.2, 0.25) is 0 Å². The normalized spacial score (nSPS) is 12.0. The zero-order valence-corrected chi connectivity index (χ0v) is 8.46. The van der Waals surface area contributed by atoms with Gasteiger partial charge in [-0.15, -0.1) is 0 Å². The van der Waals surface area contributed by atoms with E-state index in [1.165, 1.54) is 12.1 Å². The first-order chi connectivity index (χ1) is 7.49. The standard InChI is InChI=1S/C11H12O5/c12-9-3-1-7(2-4-9)5-8(11(15)16)6-10(13)14/h1-4,8,12H,5-6H2,(H,13,14)(H,15,16)/t8-/m0/s1. The highest BCUT2D eigenvalue weighted by molar-refractivity contribution is 5.78. The first-order valence-electron chi connectivity index (χ1n) is 4.71. The number of phenols is 1. The molecule has 0 aromatic heterocycles. The number of hydrogen-bond acceptors (Lipinski definition) is 3. The smallest absolute Gasteiger partial charge is 0.307 e. The van der Waals surface area contributed by atoms with Crippen LogP contribution < -0.4 is 0 Å². The molecule has 0 unspecified atom stereocenters. The van der Waals surface area contributed by atoms with Gasteiger partial charge in [0.05, 0.1) is 12.3 Å². The Kier molecular flexibility index (Phi) is 3.88. The van der Waals surface area contributed by atoms with Crippen LogP contribution in [0.15, 0.2) is 24.3 Å². The van der Waals surface area contributed by atoms with Gasteiger partial charge in [-0.1, -0.05) is 12.1 Å². The molecule has 86 valence electrons. The van der Waals surface area contributed by atoms with E-state index in [9.17, 15) is 9.59 Å². The van der Waals surface area contributed by atoms with Crippen LogP contribution >= 0.6 is 0 Å². The Balaban J connectivity index is 2.71. The zero-order valence-electron chi connectivity index (χ0n) is 8.46. The third-order valence-electron chi connectivity index (χ3n) is 2.19. The van der Waals surface area contributed by atoms with Crippen molar-refractivity contribution in [1.29, 1.82) is 0 Å². The van der Waals surface area contributed by atoms with Gasteiger partial charge in [0.25, 0.3) is 0 Å². The van der Waals surface area contributed by atoms with E-state index in [4.69, 9.17) is 15.3 Å². The number of aromatic hydroxyl groups is 1. The lowest BCUT2D eigenvalue weighted by molar-refractivity contribution is -0.148. The Hall–Kier alpha value is -2.04. The van der Waals surface area contributed by atoms with E-state index in [0.717, 1.165) is 0 Å². The molecule has 5 nitrogen and oxygen atoms in total. The van der Waals surface area contributed by atoms with E-state index in [1.54, 1.807) is 12.1 Å². The molecule has 5 heteroatoms. The second-order valence-electron chi connectivity index (χ2n) is 3.50. The maximum atomic E-state index is 10.8. The van der Waals surface area contributed by atoms with Crippen LogP contribution in [0.5, 0.6) is 5.75 Å². The average Bonchev–Trinajstić information content (AvgIpc) is 2.19. The van der Waals surface area contributed by atoms with Gasteiger partial charge in [0, 0.05) is 0 Å². The van der Waals surface area contributed by atoms with Crippen molar-refractivity contribution < 1.29 is 24.9 Å². The fourth-order valence-corrected chi connectivity index (χ4v) is 1.37. The van der Waals surface area contributed by atoms with Crippen LogP contribution in [-0.4, -0.2) is 27.3 Å². The number of carboxylic acid groups (broad SMARTS) is 2. The average molecular weight is 224 g/mol. The molecule has 0 aliphatic heterocycles. The Morgan fingerprint density at radius 1 is 1.12 bits per heavy atom. The second-order valence-corrected chi connectivity index (χ2v) is 3.50. The molecule has 16 heavy (non-hydrogen) atoms. The lowest BCUT2D eigenvalue weighted by Gasteiger charge is -2.09. The number of aliphatic carboxylic acids is 2. The fraction of sp³-hybridized carbons (Fsp3) is 0.273. The third-order valence-corrected chi connectivity index (χ3v) is 2.19. The largest absolute Gasteiger partial charge is 0.508 e. The highest BCUT2D eigenvalue weighted by atomic mass is 16.4. The van der Waals surface area contributed by atoms with Crippen molar-refractivity contribution in [3.05, 3.63) is 29.8 Å². The minimum Gasteiger partial charge on any atom is -0.508 e. The lowest BCUT2D eigenvalue weighted by atomic mass is 9.96. The Labute approximate surface area is 92.0 Å². The zero-order chi connectivity index (χ0) is 12.1. The Morgan fingerprint density at radius 3 is 2.12 bits per heavy atom. The summed E-state index contributed by atoms with van der Waals surface area (Å²) in [5.41, 5.74) is 0.687. The molecule has 1 aromatic carbocycles. The molecule has 0 heterocycles. The summed E-state index contributed by atoms with van der Waals surface area (Å²) in [6, 6.07) is 6.03. The van der Waals surface area contributed by atoms with Crippen LogP contribution in [0.2, 0.25) is 0 Å². The van der Waals surface area contributed by atoms with Crippen molar-refractivity contribution in [3.8, 4) is 5.75 Å². The van der Waals surface area contributed by atoms with E-state index in [1.807, 2.05) is 0 Å². The SMILES string of the molecule is O=C(O)C[C@H](Cc1ccc(O)cc1)C(=O)O. The first-order valence-corrected chi connectivity index (χ1v) is 4.71. The molecule has 0 amide bonds. The molecular weight excluding hydrogens is 212 g/mol. The van der Waals surface area contributed by atoms with Gasteiger partial charge in [-0.2, -0.15) is 0 Å². The van der Waals surface area contributed by atoms with Gasteiger partial charge in [-0.25, -0.2) is 0 Å². The lowest BCUT2D eigenvalue weighted by Crippen LogP contribution is -2.20. The summed E-state index contributed by atoms with van der Waals surface area (Å²) < 4.78 is 0. The van der Waals surface area contributed by atoms with Gasteiger partial charge in [-0.05, 0) is 24.1 Å². The number of hydrogen-bond donors (Lipinski definition) is 3. The summed E-state index contributed by atoms with van der Waals surface area (Å²) in [6.07, 6.45) is -0.266. The van der Waals surface area contributed by atoms with Crippen molar-refractivity contribution in [2.75, 3.05) is 0 Å². The summed E-state index contributed by atoms with van der Waals surface area (Å²) in [7, 11) is 0. The monoisotopic (exact) mass is 224 g/mol. The van der Waals surface area contributed by atoms with Gasteiger partial charge in [0.1, 0.15) is 5.75 Å². The number of rotatable bonds is 5. The topological polar surface area (TPSA) is 94.8 Å². The maximum absolute atomic E-state index is 10.8. The highest BCUT2D eigenvalue weighted by Crippen LogP contribution is 2.16. The van der Waals surface area contributed by atoms with Crippen molar-refractivity contribution in [1.82, 2.24) is 0 Å². The fourth-order valence-electron chi connectivity index (χ4n) is 1.37. The summed E-state index contributed by atoms with van der Waals surface area (Å²) >= 11 is 0.